The molecule has 0 spiro atoms. The molecule has 1 aliphatic carbocycles. The Morgan fingerprint density at radius 1 is 0.659 bits per heavy atom. The maximum Gasteiger partial charge on any atom is 0.416 e. The molecule has 0 radical (unpaired) electrons. The normalized spacial score (nSPS) is 11.7. The van der Waals surface area contributed by atoms with Gasteiger partial charge in [-0.3, -0.25) is 6.08 Å². The van der Waals surface area contributed by atoms with Gasteiger partial charge in [-0.1, -0.05) is 36.4 Å². The van der Waals surface area contributed by atoms with Crippen LogP contribution >= 0.6 is 0 Å². The molecule has 0 amide bonds. The molecule has 2 N–H and O–H groups in total. The molecule has 6 rings (SSSR count). The summed E-state index contributed by atoms with van der Waals surface area (Å²) in [7, 11) is 0. The van der Waals surface area contributed by atoms with Gasteiger partial charge in [0.15, 0.2) is 0 Å². The van der Waals surface area contributed by atoms with Gasteiger partial charge in [0.1, 0.15) is 11.5 Å². The van der Waals surface area contributed by atoms with Gasteiger partial charge in [-0.05, 0) is 48.5 Å². The molecule has 9 heteroatoms. The van der Waals surface area contributed by atoms with Crippen LogP contribution in [0.15, 0.2) is 121 Å². The first-order valence-electron chi connectivity index (χ1n) is 13.2. The minimum atomic E-state index is -4.33. The van der Waals surface area contributed by atoms with E-state index >= 15 is 0 Å². The summed E-state index contributed by atoms with van der Waals surface area (Å²) in [5.41, 5.74) is -1.51. The van der Waals surface area contributed by atoms with Crippen LogP contribution in [0.2, 0.25) is 0 Å². The maximum absolute atomic E-state index is 11.8. The number of alkyl halides is 6. The van der Waals surface area contributed by atoms with Crippen molar-refractivity contribution in [3.05, 3.63) is 139 Å². The summed E-state index contributed by atoms with van der Waals surface area (Å²) < 4.78 is 72.5. The van der Waals surface area contributed by atoms with Crippen molar-refractivity contribution in [1.82, 2.24) is 0 Å². The van der Waals surface area contributed by atoms with Gasteiger partial charge in [0.2, 0.25) is 0 Å². The zero-order chi connectivity index (χ0) is 32.8. The summed E-state index contributed by atoms with van der Waals surface area (Å²) in [6.07, 6.45) is 1.35. The molecule has 0 heterocycles. The first kappa shape index (κ1) is 36.4. The Hall–Kier alpha value is -3.84. The largest absolute Gasteiger partial charge is 0.508 e. The maximum atomic E-state index is 11.8. The van der Waals surface area contributed by atoms with Gasteiger partial charge in [-0.25, -0.2) is 12.2 Å². The Bertz CT molecular complexity index is 1530. The van der Waals surface area contributed by atoms with Crippen molar-refractivity contribution in [1.29, 1.82) is 0 Å². The molecule has 0 aromatic heterocycles. The van der Waals surface area contributed by atoms with Crippen molar-refractivity contribution < 1.29 is 60.8 Å². The number of phenols is 2. The molecule has 0 saturated carbocycles. The van der Waals surface area contributed by atoms with E-state index in [0.29, 0.717) is 0 Å². The molecule has 0 fully saturated rings. The van der Waals surface area contributed by atoms with E-state index in [9.17, 15) is 26.3 Å². The minimum absolute atomic E-state index is 0.169. The Balaban J connectivity index is 0.000000203. The van der Waals surface area contributed by atoms with E-state index in [0.717, 1.165) is 55.0 Å². The number of hydrogen-bond donors (Lipinski definition) is 2. The van der Waals surface area contributed by atoms with E-state index in [-0.39, 0.29) is 11.5 Å². The third kappa shape index (κ3) is 13.2. The quantitative estimate of drug-likeness (QED) is 0.126. The van der Waals surface area contributed by atoms with Crippen LogP contribution in [0, 0.1) is 6.08 Å². The van der Waals surface area contributed by atoms with Gasteiger partial charge in [-0.2, -0.15) is 32.4 Å². The first-order chi connectivity index (χ1) is 20.7. The van der Waals surface area contributed by atoms with Crippen molar-refractivity contribution in [3.8, 4) is 11.5 Å². The van der Waals surface area contributed by atoms with Gasteiger partial charge in [-0.15, -0.1) is 46.2 Å². The number of rotatable bonds is 0. The van der Waals surface area contributed by atoms with Crippen LogP contribution in [-0.2, 0) is 36.6 Å². The molecule has 5 aromatic rings. The summed E-state index contributed by atoms with van der Waals surface area (Å²) in [4.78, 5) is 0. The second-order valence-electron chi connectivity index (χ2n) is 9.41. The van der Waals surface area contributed by atoms with Crippen LogP contribution in [-0.4, -0.2) is 13.4 Å². The van der Waals surface area contributed by atoms with Crippen LogP contribution in [0.3, 0.4) is 0 Å². The number of halogens is 6. The third-order valence-electron chi connectivity index (χ3n) is 5.50. The molecule has 2 nitrogen and oxygen atoms in total. The SMILES string of the molecule is C[C](C)=[Zr+2].Oc1ccc(C(F)(F)F)cc1.Oc1ccc(C(F)(F)F)cc1.[C-]1=CC=CC1.c1ccc2c(c1)[cH-]c1ccccc12. The number of fused-ring (bicyclic) bond motifs is 3. The second kappa shape index (κ2) is 17.5. The fourth-order valence-electron chi connectivity index (χ4n) is 3.54. The molecule has 0 saturated heterocycles. The summed E-state index contributed by atoms with van der Waals surface area (Å²) in [5, 5.41) is 22.7. The van der Waals surface area contributed by atoms with E-state index in [1.54, 1.807) is 24.2 Å². The first-order valence-corrected chi connectivity index (χ1v) is 14.4. The summed E-state index contributed by atoms with van der Waals surface area (Å²) >= 11 is 1.55. The standard InChI is InChI=1S/C13H9.2C7H5F3O.C5H5.C3H6.Zr/c1-3-7-12-10(5-1)9-11-6-2-4-8-13(11)12;2*8-7(9,10)5-1-3-6(11)4-2-5;1-2-4-5-3-1;1-3-2;/h1-9H;2*1-4,11H;1-3H,4H2;1-2H3;/q-1;;;-1;;+2. The second-order valence-corrected chi connectivity index (χ2v) is 11.9. The molecule has 5 aromatic carbocycles. The molecular formula is C35H30F6O2Zr. The van der Waals surface area contributed by atoms with Gasteiger partial charge in [0.05, 0.1) is 11.1 Å². The predicted molar refractivity (Wildman–Crippen MR) is 161 cm³/mol. The van der Waals surface area contributed by atoms with Crippen LogP contribution in [0.1, 0.15) is 31.4 Å². The molecule has 0 bridgehead atoms. The average molecular weight is 688 g/mol. The molecular weight excluding hydrogens is 658 g/mol. The van der Waals surface area contributed by atoms with Crippen molar-refractivity contribution in [2.75, 3.05) is 0 Å². The van der Waals surface area contributed by atoms with E-state index in [1.165, 1.54) is 24.8 Å². The Morgan fingerprint density at radius 2 is 1.02 bits per heavy atom. The summed E-state index contributed by atoms with van der Waals surface area (Å²) in [6, 6.07) is 26.6. The van der Waals surface area contributed by atoms with Crippen molar-refractivity contribution in [2.24, 2.45) is 0 Å². The number of benzene rings is 4. The van der Waals surface area contributed by atoms with Crippen LogP contribution in [0.4, 0.5) is 26.3 Å². The van der Waals surface area contributed by atoms with Gasteiger partial charge >= 0.3 is 53.6 Å². The van der Waals surface area contributed by atoms with Crippen LogP contribution < -0.4 is 0 Å². The number of allylic oxidation sites excluding steroid dienone is 4. The zero-order valence-corrected chi connectivity index (χ0v) is 26.4. The zero-order valence-electron chi connectivity index (χ0n) is 23.9. The number of hydrogen-bond acceptors (Lipinski definition) is 2. The van der Waals surface area contributed by atoms with E-state index in [2.05, 4.69) is 80.6 Å². The van der Waals surface area contributed by atoms with Gasteiger partial charge in [0, 0.05) is 0 Å². The van der Waals surface area contributed by atoms with Gasteiger partial charge in [0.25, 0.3) is 0 Å². The molecule has 228 valence electrons. The number of aromatic hydroxyl groups is 2. The smallest absolute Gasteiger partial charge is 0.416 e. The predicted octanol–water partition coefficient (Wildman–Crippen LogP) is 10.6. The van der Waals surface area contributed by atoms with Crippen molar-refractivity contribution in [3.63, 3.8) is 0 Å². The van der Waals surface area contributed by atoms with Crippen molar-refractivity contribution >= 4 is 24.8 Å². The number of phenolic OH excluding ortho intramolecular Hbond substituents is 2. The van der Waals surface area contributed by atoms with E-state index in [1.807, 2.05) is 12.2 Å². The van der Waals surface area contributed by atoms with E-state index < -0.39 is 23.5 Å². The molecule has 0 aliphatic heterocycles. The molecule has 0 unspecified atom stereocenters. The summed E-state index contributed by atoms with van der Waals surface area (Å²) in [5.74, 6) is -0.337. The third-order valence-corrected chi connectivity index (χ3v) is 5.50. The Kier molecular flexibility index (Phi) is 14.4. The molecule has 0 atom stereocenters. The van der Waals surface area contributed by atoms with Gasteiger partial charge < -0.3 is 10.2 Å². The monoisotopic (exact) mass is 686 g/mol. The minimum Gasteiger partial charge on any atom is -0.508 e. The van der Waals surface area contributed by atoms with Crippen LogP contribution in [0.5, 0.6) is 11.5 Å². The topological polar surface area (TPSA) is 40.5 Å². The summed E-state index contributed by atoms with van der Waals surface area (Å²) in [6.45, 7) is 4.25. The van der Waals surface area contributed by atoms with Crippen molar-refractivity contribution in [2.45, 2.75) is 32.6 Å². The Labute approximate surface area is 267 Å². The van der Waals surface area contributed by atoms with Crippen LogP contribution in [0.25, 0.3) is 21.5 Å². The fourth-order valence-corrected chi connectivity index (χ4v) is 3.54. The molecule has 1 aliphatic rings. The fraction of sp³-hybridized carbons (Fsp3) is 0.143. The Morgan fingerprint density at radius 3 is 1.30 bits per heavy atom. The van der Waals surface area contributed by atoms with E-state index in [4.69, 9.17) is 10.2 Å². The average Bonchev–Trinajstić information content (AvgIpc) is 3.65. The molecule has 44 heavy (non-hydrogen) atoms.